The second kappa shape index (κ2) is 11.4. The highest BCUT2D eigenvalue weighted by molar-refractivity contribution is 7.98. The summed E-state index contributed by atoms with van der Waals surface area (Å²) < 4.78 is 0. The molecule has 1 N–H and O–H groups in total. The highest BCUT2D eigenvalue weighted by Crippen LogP contribution is 2.16. The van der Waals surface area contributed by atoms with Crippen LogP contribution in [0.4, 0.5) is 5.69 Å². The number of rotatable bonds is 9. The van der Waals surface area contributed by atoms with Crippen LogP contribution in [0.2, 0.25) is 0 Å². The van der Waals surface area contributed by atoms with E-state index in [1.165, 1.54) is 24.3 Å². The number of aryl methyl sites for hydroxylation is 1. The number of nitro benzene ring substituents is 1. The Morgan fingerprint density at radius 2 is 2.06 bits per heavy atom. The summed E-state index contributed by atoms with van der Waals surface area (Å²) in [5.41, 5.74) is 1.06. The molecule has 0 radical (unpaired) electrons. The van der Waals surface area contributed by atoms with Crippen LogP contribution in [0.25, 0.3) is 0 Å². The molecule has 2 aromatic rings. The van der Waals surface area contributed by atoms with Gasteiger partial charge in [0.2, 0.25) is 5.91 Å². The Balaban J connectivity index is 1.60. The molecule has 0 saturated carbocycles. The van der Waals surface area contributed by atoms with E-state index in [4.69, 9.17) is 0 Å². The monoisotopic (exact) mass is 477 g/mol. The summed E-state index contributed by atoms with van der Waals surface area (Å²) in [4.78, 5) is 44.9. The summed E-state index contributed by atoms with van der Waals surface area (Å²) in [5.74, 6) is 0.127. The van der Waals surface area contributed by atoms with Crippen molar-refractivity contribution >= 4 is 40.6 Å². The molecule has 1 aliphatic heterocycles. The van der Waals surface area contributed by atoms with Crippen molar-refractivity contribution in [3.63, 3.8) is 0 Å². The third kappa shape index (κ3) is 6.50. The minimum atomic E-state index is -0.665. The molecule has 172 valence electrons. The fraction of sp³-hybridized carbons (Fsp3) is 0.476. The standard InChI is InChI=1S/C21H27N5O4S2/c1-15-22-17(14-32-15)13-24-7-9-25(10-8-24)21(28)19(6-11-31-2)23-20(27)16-4-3-5-18(12-16)26(29)30/h3-5,12,14,19H,6-11,13H2,1-2H3,(H,23,27). The van der Waals surface area contributed by atoms with Crippen LogP contribution in [-0.2, 0) is 11.3 Å². The number of amides is 2. The van der Waals surface area contributed by atoms with Gasteiger partial charge in [-0.2, -0.15) is 11.8 Å². The molecular formula is C21H27N5O4S2. The number of thioether (sulfide) groups is 1. The van der Waals surface area contributed by atoms with Gasteiger partial charge in [-0.25, -0.2) is 4.98 Å². The average Bonchev–Trinajstić information content (AvgIpc) is 3.21. The maximum Gasteiger partial charge on any atom is 0.270 e. The molecule has 1 fully saturated rings. The first-order valence-corrected chi connectivity index (χ1v) is 12.6. The molecular weight excluding hydrogens is 450 g/mol. The van der Waals surface area contributed by atoms with Gasteiger partial charge in [0, 0.05) is 55.8 Å². The lowest BCUT2D eigenvalue weighted by molar-refractivity contribution is -0.384. The van der Waals surface area contributed by atoms with E-state index in [-0.39, 0.29) is 17.2 Å². The molecule has 2 heterocycles. The second-order valence-corrected chi connectivity index (χ2v) is 9.62. The number of nitrogens with zero attached hydrogens (tertiary/aromatic N) is 4. The molecule has 0 spiro atoms. The minimum absolute atomic E-state index is 0.109. The van der Waals surface area contributed by atoms with Crippen LogP contribution in [0.5, 0.6) is 0 Å². The van der Waals surface area contributed by atoms with Gasteiger partial charge in [0.05, 0.1) is 15.6 Å². The zero-order valence-corrected chi connectivity index (χ0v) is 19.8. The molecule has 1 saturated heterocycles. The number of nitrogens with one attached hydrogen (secondary N) is 1. The Hall–Kier alpha value is -2.50. The molecule has 32 heavy (non-hydrogen) atoms. The first-order valence-electron chi connectivity index (χ1n) is 10.3. The fourth-order valence-electron chi connectivity index (χ4n) is 3.55. The van der Waals surface area contributed by atoms with Gasteiger partial charge in [0.25, 0.3) is 11.6 Å². The molecule has 3 rings (SSSR count). The fourth-order valence-corrected chi connectivity index (χ4v) is 4.63. The SMILES string of the molecule is CSCCC(NC(=O)c1cccc([N+](=O)[O-])c1)C(=O)N1CCN(Cc2csc(C)n2)CC1. The number of benzene rings is 1. The third-order valence-corrected chi connectivity index (χ3v) is 6.74. The molecule has 1 aliphatic rings. The average molecular weight is 478 g/mol. The summed E-state index contributed by atoms with van der Waals surface area (Å²) in [5, 5.41) is 16.9. The predicted molar refractivity (Wildman–Crippen MR) is 126 cm³/mol. The summed E-state index contributed by atoms with van der Waals surface area (Å²) >= 11 is 3.24. The van der Waals surface area contributed by atoms with Gasteiger partial charge in [-0.15, -0.1) is 11.3 Å². The lowest BCUT2D eigenvalue weighted by atomic mass is 10.1. The number of carbonyl (C=O) groups excluding carboxylic acids is 2. The van der Waals surface area contributed by atoms with Gasteiger partial charge in [0.15, 0.2) is 0 Å². The van der Waals surface area contributed by atoms with Crippen molar-refractivity contribution in [1.29, 1.82) is 0 Å². The first-order chi connectivity index (χ1) is 15.4. The molecule has 0 aliphatic carbocycles. The highest BCUT2D eigenvalue weighted by Gasteiger charge is 2.29. The van der Waals surface area contributed by atoms with E-state index in [1.54, 1.807) is 28.0 Å². The molecule has 1 aromatic heterocycles. The van der Waals surface area contributed by atoms with Crippen molar-refractivity contribution in [3.8, 4) is 0 Å². The van der Waals surface area contributed by atoms with Crippen molar-refractivity contribution in [2.75, 3.05) is 38.2 Å². The zero-order valence-electron chi connectivity index (χ0n) is 18.2. The van der Waals surface area contributed by atoms with Crippen molar-refractivity contribution in [1.82, 2.24) is 20.1 Å². The van der Waals surface area contributed by atoms with Crippen LogP contribution in [0.15, 0.2) is 29.6 Å². The number of hydrogen-bond acceptors (Lipinski definition) is 8. The van der Waals surface area contributed by atoms with Gasteiger partial charge in [-0.05, 0) is 31.4 Å². The van der Waals surface area contributed by atoms with Gasteiger partial charge in [0.1, 0.15) is 6.04 Å². The largest absolute Gasteiger partial charge is 0.340 e. The van der Waals surface area contributed by atoms with Crippen molar-refractivity contribution in [2.45, 2.75) is 25.9 Å². The first kappa shape index (κ1) is 24.1. The van der Waals surface area contributed by atoms with Crippen LogP contribution in [0, 0.1) is 17.0 Å². The highest BCUT2D eigenvalue weighted by atomic mass is 32.2. The van der Waals surface area contributed by atoms with E-state index in [9.17, 15) is 19.7 Å². The van der Waals surface area contributed by atoms with E-state index in [2.05, 4.69) is 20.6 Å². The number of aromatic nitrogens is 1. The van der Waals surface area contributed by atoms with Gasteiger partial charge in [-0.1, -0.05) is 6.07 Å². The summed E-state index contributed by atoms with van der Waals surface area (Å²) in [6.45, 7) is 5.43. The Morgan fingerprint density at radius 3 is 2.69 bits per heavy atom. The zero-order chi connectivity index (χ0) is 23.1. The van der Waals surface area contributed by atoms with E-state index < -0.39 is 16.9 Å². The smallest absolute Gasteiger partial charge is 0.270 e. The van der Waals surface area contributed by atoms with Crippen molar-refractivity contribution in [3.05, 3.63) is 56.0 Å². The summed E-state index contributed by atoms with van der Waals surface area (Å²) in [6.07, 6.45) is 2.45. The van der Waals surface area contributed by atoms with Crippen LogP contribution < -0.4 is 5.32 Å². The Kier molecular flexibility index (Phi) is 8.60. The van der Waals surface area contributed by atoms with Crippen molar-refractivity contribution in [2.24, 2.45) is 0 Å². The Morgan fingerprint density at radius 1 is 1.31 bits per heavy atom. The van der Waals surface area contributed by atoms with E-state index in [1.807, 2.05) is 13.2 Å². The number of thiazole rings is 1. The number of carbonyl (C=O) groups is 2. The van der Waals surface area contributed by atoms with Crippen LogP contribution in [0.1, 0.15) is 27.5 Å². The van der Waals surface area contributed by atoms with E-state index in [0.29, 0.717) is 19.5 Å². The second-order valence-electron chi connectivity index (χ2n) is 7.57. The lowest BCUT2D eigenvalue weighted by Gasteiger charge is -2.36. The van der Waals surface area contributed by atoms with Gasteiger partial charge in [-0.3, -0.25) is 24.6 Å². The minimum Gasteiger partial charge on any atom is -0.340 e. The topological polar surface area (TPSA) is 109 Å². The van der Waals surface area contributed by atoms with Gasteiger partial charge < -0.3 is 10.2 Å². The Labute approximate surface area is 195 Å². The number of piperazine rings is 1. The number of hydrogen-bond donors (Lipinski definition) is 1. The number of nitro groups is 1. The summed E-state index contributed by atoms with van der Waals surface area (Å²) in [7, 11) is 0. The maximum atomic E-state index is 13.2. The van der Waals surface area contributed by atoms with Crippen LogP contribution in [-0.4, -0.2) is 75.8 Å². The quantitative estimate of drug-likeness (QED) is 0.437. The number of non-ortho nitro benzene ring substituents is 1. The lowest BCUT2D eigenvalue weighted by Crippen LogP contribution is -2.55. The normalized spacial score (nSPS) is 15.4. The molecule has 2 amide bonds. The van der Waals surface area contributed by atoms with Crippen LogP contribution in [0.3, 0.4) is 0 Å². The predicted octanol–water partition coefficient (Wildman–Crippen LogP) is 2.56. The molecule has 1 atom stereocenters. The molecule has 9 nitrogen and oxygen atoms in total. The third-order valence-electron chi connectivity index (χ3n) is 5.27. The maximum absolute atomic E-state index is 13.2. The van der Waals surface area contributed by atoms with E-state index >= 15 is 0 Å². The molecule has 1 unspecified atom stereocenters. The summed E-state index contributed by atoms with van der Waals surface area (Å²) in [6, 6.07) is 4.87. The Bertz CT molecular complexity index is 959. The molecule has 11 heteroatoms. The molecule has 0 bridgehead atoms. The van der Waals surface area contributed by atoms with Crippen LogP contribution >= 0.6 is 23.1 Å². The molecule has 1 aromatic carbocycles. The van der Waals surface area contributed by atoms with Gasteiger partial charge >= 0.3 is 0 Å². The van der Waals surface area contributed by atoms with Crippen molar-refractivity contribution < 1.29 is 14.5 Å². The van der Waals surface area contributed by atoms with E-state index in [0.717, 1.165) is 36.1 Å².